The van der Waals surface area contributed by atoms with E-state index in [0.29, 0.717) is 10.6 Å². The number of fused-ring (bicyclic) bond motifs is 5. The standard InChI is InChI=1S/C26H17ClFN3O3/c27-16-10-8-14(9-11-16)24(32)23-21-20(22-19-7-2-1-4-15(19)13-29-31(22)23)25(33)30(26(21)34)18-6-3-5-17(28)12-18/h1-13,20-23H/t20-,21+,22+,23-/m0/s1. The van der Waals surface area contributed by atoms with E-state index < -0.39 is 41.6 Å². The molecule has 0 unspecified atom stereocenters. The lowest BCUT2D eigenvalue weighted by Crippen LogP contribution is -2.44. The topological polar surface area (TPSA) is 70.0 Å². The Bertz CT molecular complexity index is 1390. The first-order valence-corrected chi connectivity index (χ1v) is 11.2. The molecule has 4 atom stereocenters. The molecule has 0 bridgehead atoms. The van der Waals surface area contributed by atoms with Crippen molar-refractivity contribution in [1.82, 2.24) is 5.01 Å². The zero-order valence-electron chi connectivity index (χ0n) is 17.6. The number of imide groups is 1. The van der Waals surface area contributed by atoms with Crippen LogP contribution in [0.5, 0.6) is 0 Å². The molecule has 6 rings (SSSR count). The van der Waals surface area contributed by atoms with Crippen LogP contribution in [0.4, 0.5) is 10.1 Å². The molecule has 3 aliphatic rings. The summed E-state index contributed by atoms with van der Waals surface area (Å²) < 4.78 is 13.9. The maximum atomic E-state index is 13.9. The summed E-state index contributed by atoms with van der Waals surface area (Å²) in [5.74, 6) is -3.68. The van der Waals surface area contributed by atoms with Crippen molar-refractivity contribution in [2.24, 2.45) is 16.9 Å². The zero-order valence-corrected chi connectivity index (χ0v) is 18.4. The second-order valence-corrected chi connectivity index (χ2v) is 8.99. The number of carbonyl (C=O) groups excluding carboxylic acids is 3. The molecule has 0 aliphatic carbocycles. The molecular formula is C26H17ClFN3O3. The van der Waals surface area contributed by atoms with Gasteiger partial charge in [0.15, 0.2) is 5.78 Å². The Labute approximate surface area is 199 Å². The lowest BCUT2D eigenvalue weighted by atomic mass is 9.83. The minimum Gasteiger partial charge on any atom is -0.292 e. The third-order valence-corrected chi connectivity index (χ3v) is 7.01. The Kier molecular flexibility index (Phi) is 4.64. The first-order chi connectivity index (χ1) is 16.5. The van der Waals surface area contributed by atoms with Crippen LogP contribution in [-0.4, -0.2) is 34.9 Å². The van der Waals surface area contributed by atoms with Gasteiger partial charge in [0.25, 0.3) is 0 Å². The van der Waals surface area contributed by atoms with Crippen molar-refractivity contribution in [3.63, 3.8) is 0 Å². The van der Waals surface area contributed by atoms with Crippen molar-refractivity contribution < 1.29 is 18.8 Å². The van der Waals surface area contributed by atoms with Gasteiger partial charge in [-0.05, 0) is 53.6 Å². The minimum atomic E-state index is -0.990. The van der Waals surface area contributed by atoms with E-state index in [9.17, 15) is 18.8 Å². The number of anilines is 1. The predicted octanol–water partition coefficient (Wildman–Crippen LogP) is 4.24. The highest BCUT2D eigenvalue weighted by molar-refractivity contribution is 6.30. The number of nitrogens with zero attached hydrogens (tertiary/aromatic N) is 3. The molecule has 3 heterocycles. The maximum Gasteiger partial charge on any atom is 0.240 e. The number of Topliss-reactive ketones (excluding diaryl/α,β-unsaturated/α-hetero) is 1. The molecular weight excluding hydrogens is 457 g/mol. The fourth-order valence-electron chi connectivity index (χ4n) is 5.32. The fourth-order valence-corrected chi connectivity index (χ4v) is 5.45. The Hall–Kier alpha value is -3.84. The molecule has 8 heteroatoms. The van der Waals surface area contributed by atoms with Gasteiger partial charge in [-0.2, -0.15) is 5.10 Å². The predicted molar refractivity (Wildman–Crippen MR) is 124 cm³/mol. The SMILES string of the molecule is O=C(c1ccc(Cl)cc1)[C@@H]1[C@@H]2C(=O)N(c3cccc(F)c3)C(=O)[C@@H]2[C@H]2c3ccccc3C=NN12. The van der Waals surface area contributed by atoms with Gasteiger partial charge in [-0.15, -0.1) is 0 Å². The lowest BCUT2D eigenvalue weighted by molar-refractivity contribution is -0.124. The molecule has 3 aliphatic heterocycles. The number of rotatable bonds is 3. The van der Waals surface area contributed by atoms with Crippen LogP contribution in [0.3, 0.4) is 0 Å². The maximum absolute atomic E-state index is 13.9. The van der Waals surface area contributed by atoms with Crippen LogP contribution in [0.2, 0.25) is 5.02 Å². The van der Waals surface area contributed by atoms with Gasteiger partial charge in [0.2, 0.25) is 11.8 Å². The number of halogens is 2. The molecule has 2 saturated heterocycles. The first-order valence-electron chi connectivity index (χ1n) is 10.8. The van der Waals surface area contributed by atoms with Crippen LogP contribution in [0, 0.1) is 17.7 Å². The molecule has 0 spiro atoms. The molecule has 3 aromatic carbocycles. The van der Waals surface area contributed by atoms with Crippen LogP contribution in [0.1, 0.15) is 27.5 Å². The minimum absolute atomic E-state index is 0.154. The monoisotopic (exact) mass is 473 g/mol. The quantitative estimate of drug-likeness (QED) is 0.421. The average Bonchev–Trinajstić information content (AvgIpc) is 3.31. The van der Waals surface area contributed by atoms with E-state index in [1.54, 1.807) is 35.5 Å². The molecule has 34 heavy (non-hydrogen) atoms. The van der Waals surface area contributed by atoms with Crippen LogP contribution in [0.15, 0.2) is 77.9 Å². The third-order valence-electron chi connectivity index (χ3n) is 6.76. The first kappa shape index (κ1) is 20.7. The average molecular weight is 474 g/mol. The van der Waals surface area contributed by atoms with E-state index in [2.05, 4.69) is 5.10 Å². The number of carbonyl (C=O) groups is 3. The molecule has 2 fully saturated rings. The van der Waals surface area contributed by atoms with Crippen molar-refractivity contribution in [1.29, 1.82) is 0 Å². The van der Waals surface area contributed by atoms with Gasteiger partial charge in [-0.3, -0.25) is 19.4 Å². The summed E-state index contributed by atoms with van der Waals surface area (Å²) in [4.78, 5) is 42.1. The summed E-state index contributed by atoms with van der Waals surface area (Å²) in [6, 6.07) is 17.7. The molecule has 0 aromatic heterocycles. The highest BCUT2D eigenvalue weighted by atomic mass is 35.5. The van der Waals surface area contributed by atoms with Gasteiger partial charge in [0.1, 0.15) is 11.9 Å². The number of ketones is 1. The summed E-state index contributed by atoms with van der Waals surface area (Å²) in [6.07, 6.45) is 1.65. The third kappa shape index (κ3) is 2.93. The molecule has 0 radical (unpaired) electrons. The Morgan fingerprint density at radius 2 is 1.65 bits per heavy atom. The highest BCUT2D eigenvalue weighted by Gasteiger charge is 2.65. The van der Waals surface area contributed by atoms with Crippen LogP contribution in [0.25, 0.3) is 0 Å². The van der Waals surface area contributed by atoms with E-state index in [1.165, 1.54) is 18.2 Å². The molecule has 168 valence electrons. The summed E-state index contributed by atoms with van der Waals surface area (Å²) in [5, 5.41) is 6.59. The Balaban J connectivity index is 1.50. The van der Waals surface area contributed by atoms with Gasteiger partial charge in [0, 0.05) is 10.6 Å². The number of benzene rings is 3. The summed E-state index contributed by atoms with van der Waals surface area (Å²) in [6.45, 7) is 0. The van der Waals surface area contributed by atoms with Crippen molar-refractivity contribution in [2.45, 2.75) is 12.1 Å². The van der Waals surface area contributed by atoms with E-state index in [4.69, 9.17) is 11.6 Å². The van der Waals surface area contributed by atoms with Gasteiger partial charge < -0.3 is 0 Å². The smallest absolute Gasteiger partial charge is 0.240 e. The van der Waals surface area contributed by atoms with E-state index in [1.807, 2.05) is 24.3 Å². The van der Waals surface area contributed by atoms with Crippen LogP contribution < -0.4 is 4.90 Å². The number of amides is 2. The summed E-state index contributed by atoms with van der Waals surface area (Å²) in [5.41, 5.74) is 2.17. The second kappa shape index (κ2) is 7.60. The largest absolute Gasteiger partial charge is 0.292 e. The van der Waals surface area contributed by atoms with Gasteiger partial charge in [-0.25, -0.2) is 9.29 Å². The van der Waals surface area contributed by atoms with Crippen molar-refractivity contribution in [3.05, 3.63) is 100 Å². The van der Waals surface area contributed by atoms with E-state index >= 15 is 0 Å². The Morgan fingerprint density at radius 3 is 2.41 bits per heavy atom. The van der Waals surface area contributed by atoms with Crippen molar-refractivity contribution in [2.75, 3.05) is 4.90 Å². The van der Waals surface area contributed by atoms with Crippen molar-refractivity contribution >= 4 is 41.1 Å². The zero-order chi connectivity index (χ0) is 23.6. The summed E-state index contributed by atoms with van der Waals surface area (Å²) >= 11 is 5.99. The number of hydrazone groups is 1. The van der Waals surface area contributed by atoms with Gasteiger partial charge in [0.05, 0.1) is 29.8 Å². The second-order valence-electron chi connectivity index (χ2n) is 8.56. The molecule has 0 saturated carbocycles. The summed E-state index contributed by atoms with van der Waals surface area (Å²) in [7, 11) is 0. The lowest BCUT2D eigenvalue weighted by Gasteiger charge is -2.33. The number of hydrogen-bond acceptors (Lipinski definition) is 5. The van der Waals surface area contributed by atoms with E-state index in [-0.39, 0.29) is 11.5 Å². The van der Waals surface area contributed by atoms with Crippen LogP contribution >= 0.6 is 11.6 Å². The normalized spacial score (nSPS) is 24.8. The Morgan fingerprint density at radius 1 is 0.912 bits per heavy atom. The molecule has 2 amide bonds. The molecule has 3 aromatic rings. The number of hydrogen-bond donors (Lipinski definition) is 0. The highest BCUT2D eigenvalue weighted by Crippen LogP contribution is 2.53. The van der Waals surface area contributed by atoms with E-state index in [0.717, 1.165) is 22.1 Å². The van der Waals surface area contributed by atoms with Gasteiger partial charge in [-0.1, -0.05) is 41.9 Å². The fraction of sp³-hybridized carbons (Fsp3) is 0.154. The molecule has 0 N–H and O–H groups in total. The van der Waals surface area contributed by atoms with Crippen LogP contribution in [-0.2, 0) is 9.59 Å². The van der Waals surface area contributed by atoms with Crippen molar-refractivity contribution in [3.8, 4) is 0 Å². The molecule has 6 nitrogen and oxygen atoms in total. The van der Waals surface area contributed by atoms with Gasteiger partial charge >= 0.3 is 0 Å².